The molecule has 1 aromatic heterocycles. The number of hydrogen-bond donors (Lipinski definition) is 1. The molecular weight excluding hydrogens is 437 g/mol. The molecule has 0 aliphatic carbocycles. The highest BCUT2D eigenvalue weighted by atomic mass is 32.2. The third kappa shape index (κ3) is 5.24. The predicted molar refractivity (Wildman–Crippen MR) is 104 cm³/mol. The van der Waals surface area contributed by atoms with Crippen LogP contribution >= 0.6 is 0 Å². The van der Waals surface area contributed by atoms with Crippen LogP contribution in [0.2, 0.25) is 0 Å². The number of tetrazole rings is 1. The maximum Gasteiger partial charge on any atom is 0.416 e. The second kappa shape index (κ2) is 8.43. The van der Waals surface area contributed by atoms with Crippen molar-refractivity contribution in [2.24, 2.45) is 0 Å². The average molecular weight is 454 g/mol. The minimum atomic E-state index is -4.51. The van der Waals surface area contributed by atoms with Crippen molar-refractivity contribution in [1.29, 1.82) is 0 Å². The van der Waals surface area contributed by atoms with Gasteiger partial charge in [-0.15, -0.1) is 10.2 Å². The third-order valence-corrected chi connectivity index (χ3v) is 5.89. The van der Waals surface area contributed by atoms with E-state index >= 15 is 0 Å². The predicted octanol–water partition coefficient (Wildman–Crippen LogP) is 2.25. The summed E-state index contributed by atoms with van der Waals surface area (Å²) in [5, 5.41) is 13.8. The van der Waals surface area contributed by atoms with E-state index in [-0.39, 0.29) is 28.5 Å². The van der Waals surface area contributed by atoms with Gasteiger partial charge in [0.25, 0.3) is 0 Å². The molecule has 164 valence electrons. The molecule has 31 heavy (non-hydrogen) atoms. The molecule has 1 heterocycles. The first-order valence-corrected chi connectivity index (χ1v) is 10.2. The molecule has 0 atom stereocenters. The molecule has 0 unspecified atom stereocenters. The number of sulfonamides is 1. The summed E-state index contributed by atoms with van der Waals surface area (Å²) >= 11 is 0. The van der Waals surface area contributed by atoms with Crippen LogP contribution < -0.4 is 5.32 Å². The van der Waals surface area contributed by atoms with Crippen LogP contribution in [0.4, 0.5) is 18.9 Å². The number of carbonyl (C=O) groups is 1. The molecule has 0 spiro atoms. The van der Waals surface area contributed by atoms with Gasteiger partial charge >= 0.3 is 6.18 Å². The molecule has 0 aliphatic rings. The first-order valence-electron chi connectivity index (χ1n) is 8.75. The number of hydrogen-bond acceptors (Lipinski definition) is 6. The molecule has 0 saturated heterocycles. The fourth-order valence-electron chi connectivity index (χ4n) is 2.53. The summed E-state index contributed by atoms with van der Waals surface area (Å²) in [5.74, 6) is -0.648. The second-order valence-corrected chi connectivity index (χ2v) is 8.74. The highest BCUT2D eigenvalue weighted by molar-refractivity contribution is 7.89. The number of alkyl halides is 3. The maximum atomic E-state index is 12.9. The van der Waals surface area contributed by atoms with Gasteiger partial charge in [-0.25, -0.2) is 12.7 Å². The van der Waals surface area contributed by atoms with Gasteiger partial charge in [-0.3, -0.25) is 4.79 Å². The number of anilines is 1. The Bertz CT molecular complexity index is 1210. The lowest BCUT2D eigenvalue weighted by Gasteiger charge is -2.12. The summed E-state index contributed by atoms with van der Waals surface area (Å²) in [6.45, 7) is -0.378. The summed E-state index contributed by atoms with van der Waals surface area (Å²) in [6, 6.07) is 10.1. The standard InChI is InChI=1S/C18H17F3N6O3S/c1-26(2)31(29,30)15-8-4-7-14(10-15)22-16(28)11-27-24-17(23-25-27)12-5-3-6-13(9-12)18(19,20)21/h3-10H,11H2,1-2H3,(H,22,28). The van der Waals surface area contributed by atoms with Crippen molar-refractivity contribution in [2.75, 3.05) is 19.4 Å². The van der Waals surface area contributed by atoms with Crippen molar-refractivity contribution in [1.82, 2.24) is 24.5 Å². The topological polar surface area (TPSA) is 110 Å². The van der Waals surface area contributed by atoms with Crippen molar-refractivity contribution in [3.63, 3.8) is 0 Å². The number of carbonyl (C=O) groups excluding carboxylic acids is 1. The summed E-state index contributed by atoms with van der Waals surface area (Å²) in [4.78, 5) is 13.2. The maximum absolute atomic E-state index is 12.9. The van der Waals surface area contributed by atoms with Crippen LogP contribution in [0.1, 0.15) is 5.56 Å². The Hall–Kier alpha value is -3.32. The first kappa shape index (κ1) is 22.4. The monoisotopic (exact) mass is 454 g/mol. The van der Waals surface area contributed by atoms with E-state index in [1.165, 1.54) is 50.5 Å². The molecule has 0 bridgehead atoms. The molecule has 0 saturated carbocycles. The molecule has 1 N–H and O–H groups in total. The fraction of sp³-hybridized carbons (Fsp3) is 0.222. The number of rotatable bonds is 6. The van der Waals surface area contributed by atoms with Crippen molar-refractivity contribution in [3.05, 3.63) is 54.1 Å². The average Bonchev–Trinajstić information content (AvgIpc) is 3.16. The van der Waals surface area contributed by atoms with E-state index in [0.29, 0.717) is 0 Å². The molecule has 13 heteroatoms. The minimum Gasteiger partial charge on any atom is -0.324 e. The van der Waals surface area contributed by atoms with Gasteiger partial charge in [-0.05, 0) is 35.5 Å². The fourth-order valence-corrected chi connectivity index (χ4v) is 3.48. The number of nitrogens with zero attached hydrogens (tertiary/aromatic N) is 5. The Kier molecular flexibility index (Phi) is 6.08. The summed E-state index contributed by atoms with van der Waals surface area (Å²) < 4.78 is 64.0. The molecule has 2 aromatic carbocycles. The van der Waals surface area contributed by atoms with E-state index in [2.05, 4.69) is 20.7 Å². The zero-order valence-corrected chi connectivity index (χ0v) is 17.1. The second-order valence-electron chi connectivity index (χ2n) is 6.59. The van der Waals surface area contributed by atoms with Crippen LogP contribution in [-0.2, 0) is 27.5 Å². The summed E-state index contributed by atoms with van der Waals surface area (Å²) in [5.41, 5.74) is -0.513. The van der Waals surface area contributed by atoms with Crippen molar-refractivity contribution < 1.29 is 26.4 Å². The lowest BCUT2D eigenvalue weighted by atomic mass is 10.1. The Morgan fingerprint density at radius 1 is 1.13 bits per heavy atom. The van der Waals surface area contributed by atoms with Crippen LogP contribution in [0.3, 0.4) is 0 Å². The number of nitrogens with one attached hydrogen (secondary N) is 1. The van der Waals surface area contributed by atoms with E-state index in [4.69, 9.17) is 0 Å². The van der Waals surface area contributed by atoms with Gasteiger partial charge in [-0.2, -0.15) is 18.0 Å². The number of aromatic nitrogens is 4. The quantitative estimate of drug-likeness (QED) is 0.612. The van der Waals surface area contributed by atoms with Gasteiger partial charge in [0.15, 0.2) is 0 Å². The lowest BCUT2D eigenvalue weighted by Crippen LogP contribution is -2.23. The van der Waals surface area contributed by atoms with Crippen molar-refractivity contribution >= 4 is 21.6 Å². The van der Waals surface area contributed by atoms with Gasteiger partial charge in [0.05, 0.1) is 10.5 Å². The normalized spacial score (nSPS) is 12.2. The van der Waals surface area contributed by atoms with E-state index in [0.717, 1.165) is 21.2 Å². The lowest BCUT2D eigenvalue weighted by molar-refractivity contribution is -0.137. The van der Waals surface area contributed by atoms with Crippen LogP contribution in [-0.4, -0.2) is 52.9 Å². The van der Waals surface area contributed by atoms with E-state index in [1.54, 1.807) is 0 Å². The highest BCUT2D eigenvalue weighted by Crippen LogP contribution is 2.31. The minimum absolute atomic E-state index is 0.000938. The Morgan fingerprint density at radius 2 is 1.84 bits per heavy atom. The van der Waals surface area contributed by atoms with Crippen LogP contribution in [0, 0.1) is 0 Å². The van der Waals surface area contributed by atoms with Crippen molar-refractivity contribution in [2.45, 2.75) is 17.6 Å². The van der Waals surface area contributed by atoms with E-state index in [1.807, 2.05) is 0 Å². The van der Waals surface area contributed by atoms with Crippen molar-refractivity contribution in [3.8, 4) is 11.4 Å². The molecular formula is C18H17F3N6O3S. The molecule has 3 rings (SSSR count). The van der Waals surface area contributed by atoms with E-state index in [9.17, 15) is 26.4 Å². The van der Waals surface area contributed by atoms with Gasteiger partial charge in [-0.1, -0.05) is 18.2 Å². The Labute approximate surface area is 175 Å². The Morgan fingerprint density at radius 3 is 2.52 bits per heavy atom. The van der Waals surface area contributed by atoms with Gasteiger partial charge in [0.2, 0.25) is 21.8 Å². The number of amides is 1. The smallest absolute Gasteiger partial charge is 0.324 e. The highest BCUT2D eigenvalue weighted by Gasteiger charge is 2.30. The molecule has 3 aromatic rings. The zero-order valence-electron chi connectivity index (χ0n) is 16.3. The van der Waals surface area contributed by atoms with Crippen LogP contribution in [0.5, 0.6) is 0 Å². The molecule has 0 fully saturated rings. The zero-order chi connectivity index (χ0) is 22.8. The van der Waals surface area contributed by atoms with E-state index < -0.39 is 27.7 Å². The van der Waals surface area contributed by atoms with Gasteiger partial charge in [0.1, 0.15) is 6.54 Å². The molecule has 1 amide bonds. The number of benzene rings is 2. The molecule has 0 aliphatic heterocycles. The van der Waals surface area contributed by atoms with Crippen LogP contribution in [0.15, 0.2) is 53.4 Å². The molecule has 9 nitrogen and oxygen atoms in total. The third-order valence-electron chi connectivity index (χ3n) is 4.08. The SMILES string of the molecule is CN(C)S(=O)(=O)c1cccc(NC(=O)Cn2nnc(-c3cccc(C(F)(F)F)c3)n2)c1. The molecule has 0 radical (unpaired) electrons. The summed E-state index contributed by atoms with van der Waals surface area (Å²) in [6.07, 6.45) is -4.51. The van der Waals surface area contributed by atoms with Gasteiger partial charge in [0, 0.05) is 25.3 Å². The largest absolute Gasteiger partial charge is 0.416 e. The van der Waals surface area contributed by atoms with Gasteiger partial charge < -0.3 is 5.32 Å². The Balaban J connectivity index is 1.72. The first-order chi connectivity index (χ1) is 14.5. The number of halogens is 3. The summed E-state index contributed by atoms with van der Waals surface area (Å²) in [7, 11) is -0.898. The van der Waals surface area contributed by atoms with Crippen LogP contribution in [0.25, 0.3) is 11.4 Å².